The van der Waals surface area contributed by atoms with Gasteiger partial charge in [-0.3, -0.25) is 4.99 Å². The number of guanidine groups is 1. The molecule has 0 amide bonds. The Morgan fingerprint density at radius 2 is 1.96 bits per heavy atom. The lowest BCUT2D eigenvalue weighted by atomic mass is 10.2. The Kier molecular flexibility index (Phi) is 9.01. The first kappa shape index (κ1) is 21.5. The summed E-state index contributed by atoms with van der Waals surface area (Å²) in [6.45, 7) is 0.583. The summed E-state index contributed by atoms with van der Waals surface area (Å²) in [6, 6.07) is 9.88. The number of nitrogens with zero attached hydrogens (tertiary/aromatic N) is 2. The Hall–Kier alpha value is -1.52. The molecule has 1 aromatic heterocycles. The number of ether oxygens (including phenoxy) is 2. The lowest BCUT2D eigenvalue weighted by Gasteiger charge is -2.21. The molecule has 0 spiro atoms. The van der Waals surface area contributed by atoms with Crippen molar-refractivity contribution >= 4 is 47.0 Å². The van der Waals surface area contributed by atoms with Crippen molar-refractivity contribution in [3.8, 4) is 11.5 Å². The largest absolute Gasteiger partial charge is 0.493 e. The fourth-order valence-corrected chi connectivity index (χ4v) is 3.19. The molecule has 0 aliphatic rings. The zero-order chi connectivity index (χ0) is 17.5. The van der Waals surface area contributed by atoms with Crippen LogP contribution in [0, 0.1) is 0 Å². The van der Waals surface area contributed by atoms with Gasteiger partial charge in [-0.2, -0.15) is 0 Å². The molecule has 0 aliphatic heterocycles. The van der Waals surface area contributed by atoms with Gasteiger partial charge in [0.05, 0.1) is 26.8 Å². The van der Waals surface area contributed by atoms with Crippen LogP contribution in [-0.4, -0.2) is 45.7 Å². The van der Waals surface area contributed by atoms with Gasteiger partial charge in [0.15, 0.2) is 17.5 Å². The third-order valence-electron chi connectivity index (χ3n) is 3.59. The average molecular weight is 476 g/mol. The van der Waals surface area contributed by atoms with Gasteiger partial charge in [-0.25, -0.2) is 0 Å². The van der Waals surface area contributed by atoms with Gasteiger partial charge >= 0.3 is 0 Å². The van der Waals surface area contributed by atoms with E-state index in [0.29, 0.717) is 24.0 Å². The smallest absolute Gasteiger partial charge is 0.193 e. The van der Waals surface area contributed by atoms with Gasteiger partial charge < -0.3 is 25.4 Å². The second-order valence-electron chi connectivity index (χ2n) is 5.42. The molecular formula is C17H25IN4O2S. The second-order valence-corrected chi connectivity index (χ2v) is 6.39. The van der Waals surface area contributed by atoms with E-state index in [4.69, 9.17) is 15.2 Å². The molecule has 0 bridgehead atoms. The molecular weight excluding hydrogens is 451 g/mol. The molecule has 0 saturated heterocycles. The van der Waals surface area contributed by atoms with Crippen LogP contribution in [0.15, 0.2) is 40.7 Å². The van der Waals surface area contributed by atoms with E-state index >= 15 is 0 Å². The van der Waals surface area contributed by atoms with Crippen LogP contribution < -0.4 is 20.5 Å². The molecule has 0 radical (unpaired) electrons. The van der Waals surface area contributed by atoms with Crippen molar-refractivity contribution in [3.63, 3.8) is 0 Å². The number of nitrogens with two attached hydrogens (primary N) is 1. The van der Waals surface area contributed by atoms with Crippen molar-refractivity contribution in [2.45, 2.75) is 6.04 Å². The molecule has 1 unspecified atom stereocenters. The normalized spacial score (nSPS) is 12.4. The van der Waals surface area contributed by atoms with Crippen LogP contribution in [0.1, 0.15) is 10.9 Å². The second kappa shape index (κ2) is 10.5. The van der Waals surface area contributed by atoms with E-state index in [9.17, 15) is 0 Å². The fourth-order valence-electron chi connectivity index (χ4n) is 2.27. The fraction of sp³-hybridized carbons (Fsp3) is 0.353. The Labute approximate surface area is 170 Å². The van der Waals surface area contributed by atoms with Crippen molar-refractivity contribution in [3.05, 3.63) is 40.6 Å². The van der Waals surface area contributed by atoms with Crippen LogP contribution in [-0.2, 0) is 0 Å². The summed E-state index contributed by atoms with van der Waals surface area (Å²) >= 11 is 1.72. The number of thiophene rings is 1. The monoisotopic (exact) mass is 476 g/mol. The summed E-state index contributed by atoms with van der Waals surface area (Å²) in [5.74, 6) is 1.68. The molecule has 2 aromatic rings. The summed E-state index contributed by atoms with van der Waals surface area (Å²) in [6.07, 6.45) is 0. The van der Waals surface area contributed by atoms with Crippen molar-refractivity contribution in [2.75, 3.05) is 40.2 Å². The number of anilines is 1. The molecule has 1 aromatic carbocycles. The van der Waals surface area contributed by atoms with Crippen LogP contribution in [0.5, 0.6) is 11.5 Å². The number of aliphatic imine (C=N–C) groups is 1. The quantitative estimate of drug-likeness (QED) is 0.364. The number of methoxy groups -OCH3 is 2. The van der Waals surface area contributed by atoms with E-state index in [0.717, 1.165) is 5.69 Å². The Morgan fingerprint density at radius 1 is 1.24 bits per heavy atom. The number of rotatable bonds is 7. The van der Waals surface area contributed by atoms with Gasteiger partial charge in [-0.1, -0.05) is 6.07 Å². The summed E-state index contributed by atoms with van der Waals surface area (Å²) in [7, 11) is 7.28. The van der Waals surface area contributed by atoms with Gasteiger partial charge in [-0.15, -0.1) is 35.3 Å². The van der Waals surface area contributed by atoms with E-state index in [2.05, 4.69) is 26.7 Å². The van der Waals surface area contributed by atoms with E-state index in [1.54, 1.807) is 25.6 Å². The van der Waals surface area contributed by atoms with E-state index in [-0.39, 0.29) is 30.0 Å². The Balaban J connectivity index is 0.00000312. The minimum atomic E-state index is 0. The molecule has 138 valence electrons. The molecule has 6 nitrogen and oxygen atoms in total. The molecule has 2 rings (SSSR count). The first-order chi connectivity index (χ1) is 11.5. The van der Waals surface area contributed by atoms with E-state index < -0.39 is 0 Å². The van der Waals surface area contributed by atoms with Gasteiger partial charge in [0.25, 0.3) is 0 Å². The van der Waals surface area contributed by atoms with Crippen molar-refractivity contribution in [1.82, 2.24) is 4.90 Å². The number of nitrogens with one attached hydrogen (secondary N) is 1. The summed E-state index contributed by atoms with van der Waals surface area (Å²) in [4.78, 5) is 7.88. The molecule has 0 aliphatic carbocycles. The third-order valence-corrected chi connectivity index (χ3v) is 4.56. The highest BCUT2D eigenvalue weighted by molar-refractivity contribution is 14.0. The number of halogens is 1. The molecule has 8 heteroatoms. The van der Waals surface area contributed by atoms with Crippen molar-refractivity contribution in [1.29, 1.82) is 0 Å². The number of hydrogen-bond acceptors (Lipinski definition) is 5. The number of likely N-dealkylation sites (N-methyl/N-ethyl adjacent to an activating group) is 1. The van der Waals surface area contributed by atoms with Gasteiger partial charge in [-0.05, 0) is 37.7 Å². The zero-order valence-corrected chi connectivity index (χ0v) is 18.0. The summed E-state index contributed by atoms with van der Waals surface area (Å²) < 4.78 is 10.5. The van der Waals surface area contributed by atoms with Crippen LogP contribution >= 0.6 is 35.3 Å². The summed E-state index contributed by atoms with van der Waals surface area (Å²) in [5, 5.41) is 5.15. The predicted octanol–water partition coefficient (Wildman–Crippen LogP) is 3.41. The molecule has 0 saturated carbocycles. The van der Waals surface area contributed by atoms with Gasteiger partial charge in [0, 0.05) is 16.6 Å². The van der Waals surface area contributed by atoms with Crippen molar-refractivity contribution < 1.29 is 9.47 Å². The van der Waals surface area contributed by atoms with Crippen molar-refractivity contribution in [2.24, 2.45) is 10.7 Å². The average Bonchev–Trinajstić information content (AvgIpc) is 3.08. The highest BCUT2D eigenvalue weighted by atomic mass is 127. The lowest BCUT2D eigenvalue weighted by molar-refractivity contribution is 0.311. The van der Waals surface area contributed by atoms with E-state index in [1.165, 1.54) is 4.88 Å². The van der Waals surface area contributed by atoms with Crippen LogP contribution in [0.2, 0.25) is 0 Å². The number of hydrogen-bond donors (Lipinski definition) is 2. The zero-order valence-electron chi connectivity index (χ0n) is 14.9. The molecule has 0 fully saturated rings. The SMILES string of the molecule is COc1ccc(NC(N)=NCC(c2cccs2)N(C)C)cc1OC.I. The van der Waals surface area contributed by atoms with Gasteiger partial charge in [0.2, 0.25) is 0 Å². The van der Waals surface area contributed by atoms with E-state index in [1.807, 2.05) is 38.4 Å². The first-order valence-electron chi connectivity index (χ1n) is 7.54. The van der Waals surface area contributed by atoms with Gasteiger partial charge in [0.1, 0.15) is 0 Å². The third kappa shape index (κ3) is 6.05. The van der Waals surface area contributed by atoms with Crippen LogP contribution in [0.4, 0.5) is 5.69 Å². The maximum atomic E-state index is 6.02. The minimum Gasteiger partial charge on any atom is -0.493 e. The van der Waals surface area contributed by atoms with Crippen LogP contribution in [0.25, 0.3) is 0 Å². The first-order valence-corrected chi connectivity index (χ1v) is 8.42. The lowest BCUT2D eigenvalue weighted by Crippen LogP contribution is -2.26. The standard InChI is InChI=1S/C17H24N4O2S.HI/c1-21(2)13(16-6-5-9-24-16)11-19-17(18)20-12-7-8-14(22-3)15(10-12)23-4;/h5-10,13H,11H2,1-4H3,(H3,18,19,20);1H. The molecule has 25 heavy (non-hydrogen) atoms. The predicted molar refractivity (Wildman–Crippen MR) is 116 cm³/mol. The highest BCUT2D eigenvalue weighted by Crippen LogP contribution is 2.29. The molecule has 3 N–H and O–H groups in total. The molecule has 1 atom stereocenters. The maximum Gasteiger partial charge on any atom is 0.193 e. The maximum absolute atomic E-state index is 6.02. The summed E-state index contributed by atoms with van der Waals surface area (Å²) in [5.41, 5.74) is 6.82. The minimum absolute atomic E-state index is 0. The molecule has 1 heterocycles. The Morgan fingerprint density at radius 3 is 2.52 bits per heavy atom. The number of benzene rings is 1. The van der Waals surface area contributed by atoms with Crippen LogP contribution in [0.3, 0.4) is 0 Å². The Bertz CT molecular complexity index is 677. The highest BCUT2D eigenvalue weighted by Gasteiger charge is 2.14. The topological polar surface area (TPSA) is 72.1 Å².